The number of carbonyl (C=O) groups excluding carboxylic acids is 1. The van der Waals surface area contributed by atoms with E-state index in [1.165, 1.54) is 0 Å². The molecule has 20 heavy (non-hydrogen) atoms. The van der Waals surface area contributed by atoms with Crippen molar-refractivity contribution in [1.82, 2.24) is 4.98 Å². The lowest BCUT2D eigenvalue weighted by atomic mass is 10.1. The van der Waals surface area contributed by atoms with Gasteiger partial charge < -0.3 is 10.4 Å². The molecule has 4 heteroatoms. The first kappa shape index (κ1) is 13.8. The second-order valence-electron chi connectivity index (χ2n) is 4.18. The Hall–Kier alpha value is -2.64. The molecule has 1 amide bonds. The third-order valence-electron chi connectivity index (χ3n) is 2.62. The minimum atomic E-state index is -0.289. The molecule has 0 aliphatic heterocycles. The first-order chi connectivity index (χ1) is 9.70. The van der Waals surface area contributed by atoms with Gasteiger partial charge in [-0.25, -0.2) is 0 Å². The van der Waals surface area contributed by atoms with Crippen molar-refractivity contribution in [2.45, 2.75) is 6.92 Å². The van der Waals surface area contributed by atoms with Gasteiger partial charge in [0.25, 0.3) is 5.91 Å². The lowest BCUT2D eigenvalue weighted by molar-refractivity contribution is 0.102. The molecule has 1 heterocycles. The molecule has 0 spiro atoms. The quantitative estimate of drug-likeness (QED) is 0.817. The van der Waals surface area contributed by atoms with E-state index in [2.05, 4.69) is 22.1 Å². The van der Waals surface area contributed by atoms with E-state index in [0.717, 1.165) is 5.56 Å². The van der Waals surface area contributed by atoms with Gasteiger partial charge in [0.1, 0.15) is 12.3 Å². The van der Waals surface area contributed by atoms with Crippen LogP contribution >= 0.6 is 0 Å². The number of aryl methyl sites for hydroxylation is 1. The molecule has 4 nitrogen and oxygen atoms in total. The number of benzene rings is 1. The summed E-state index contributed by atoms with van der Waals surface area (Å²) in [6.45, 7) is 1.71. The van der Waals surface area contributed by atoms with Gasteiger partial charge >= 0.3 is 0 Å². The highest BCUT2D eigenvalue weighted by atomic mass is 16.2. The second kappa shape index (κ2) is 6.50. The molecule has 100 valence electrons. The van der Waals surface area contributed by atoms with Crippen LogP contribution in [0.3, 0.4) is 0 Å². The Morgan fingerprint density at radius 2 is 2.20 bits per heavy atom. The first-order valence-electron chi connectivity index (χ1n) is 6.13. The summed E-state index contributed by atoms with van der Waals surface area (Å²) in [5.74, 6) is 5.10. The summed E-state index contributed by atoms with van der Waals surface area (Å²) in [5, 5.41) is 11.6. The van der Waals surface area contributed by atoms with Crippen molar-refractivity contribution in [3.63, 3.8) is 0 Å². The fourth-order valence-electron chi connectivity index (χ4n) is 1.69. The van der Waals surface area contributed by atoms with Crippen LogP contribution < -0.4 is 5.32 Å². The average molecular weight is 266 g/mol. The van der Waals surface area contributed by atoms with Gasteiger partial charge in [0, 0.05) is 11.8 Å². The van der Waals surface area contributed by atoms with Gasteiger partial charge in [0.15, 0.2) is 0 Å². The molecule has 0 saturated heterocycles. The normalized spacial score (nSPS) is 9.50. The minimum absolute atomic E-state index is 0.221. The van der Waals surface area contributed by atoms with Crippen LogP contribution in [-0.2, 0) is 0 Å². The number of amides is 1. The summed E-state index contributed by atoms with van der Waals surface area (Å²) in [4.78, 5) is 16.1. The molecule has 2 N–H and O–H groups in total. The lowest BCUT2D eigenvalue weighted by Crippen LogP contribution is -2.14. The van der Waals surface area contributed by atoms with Crippen LogP contribution in [0.4, 0.5) is 5.69 Å². The maximum atomic E-state index is 12.1. The lowest BCUT2D eigenvalue weighted by Gasteiger charge is -2.08. The highest BCUT2D eigenvalue weighted by Gasteiger charge is 2.09. The van der Waals surface area contributed by atoms with Gasteiger partial charge in [-0.1, -0.05) is 24.0 Å². The summed E-state index contributed by atoms with van der Waals surface area (Å²) >= 11 is 0. The van der Waals surface area contributed by atoms with E-state index in [4.69, 9.17) is 5.11 Å². The van der Waals surface area contributed by atoms with Crippen LogP contribution in [0.1, 0.15) is 21.6 Å². The molecule has 0 saturated carbocycles. The van der Waals surface area contributed by atoms with E-state index in [1.807, 2.05) is 25.1 Å². The van der Waals surface area contributed by atoms with Crippen molar-refractivity contribution < 1.29 is 9.90 Å². The zero-order chi connectivity index (χ0) is 14.4. The highest BCUT2D eigenvalue weighted by molar-refractivity contribution is 6.03. The Labute approximate surface area is 117 Å². The van der Waals surface area contributed by atoms with E-state index in [-0.39, 0.29) is 12.5 Å². The molecule has 0 unspecified atom stereocenters. The molecule has 0 fully saturated rings. The first-order valence-corrected chi connectivity index (χ1v) is 6.13. The maximum Gasteiger partial charge on any atom is 0.274 e. The summed E-state index contributed by atoms with van der Waals surface area (Å²) in [7, 11) is 0. The van der Waals surface area contributed by atoms with Crippen LogP contribution in [-0.4, -0.2) is 22.6 Å². The van der Waals surface area contributed by atoms with Crippen molar-refractivity contribution in [3.8, 4) is 11.8 Å². The number of nitrogens with one attached hydrogen (secondary N) is 1. The summed E-state index contributed by atoms with van der Waals surface area (Å²) in [6.07, 6.45) is 1.57. The summed E-state index contributed by atoms with van der Waals surface area (Å²) in [5.41, 5.74) is 2.63. The number of pyridine rings is 1. The molecular formula is C16H14N2O2. The number of aliphatic hydroxyl groups is 1. The molecule has 1 aromatic carbocycles. The van der Waals surface area contributed by atoms with E-state index >= 15 is 0 Å². The van der Waals surface area contributed by atoms with E-state index < -0.39 is 0 Å². The van der Waals surface area contributed by atoms with Crippen molar-refractivity contribution in [1.29, 1.82) is 0 Å². The Morgan fingerprint density at radius 3 is 2.90 bits per heavy atom. The SMILES string of the molecule is Cc1ccc(C#CCO)c(NC(=O)c2ccccn2)c1. The number of hydrogen-bond acceptors (Lipinski definition) is 3. The summed E-state index contributed by atoms with van der Waals surface area (Å²) in [6, 6.07) is 10.7. The zero-order valence-electron chi connectivity index (χ0n) is 11.1. The van der Waals surface area contributed by atoms with Crippen LogP contribution in [0.2, 0.25) is 0 Å². The van der Waals surface area contributed by atoms with Crippen molar-refractivity contribution in [3.05, 3.63) is 59.4 Å². The van der Waals surface area contributed by atoms with E-state index in [9.17, 15) is 4.79 Å². The third-order valence-corrected chi connectivity index (χ3v) is 2.62. The summed E-state index contributed by atoms with van der Waals surface area (Å²) < 4.78 is 0. The number of hydrogen-bond donors (Lipinski definition) is 2. The highest BCUT2D eigenvalue weighted by Crippen LogP contribution is 2.17. The average Bonchev–Trinajstić information content (AvgIpc) is 2.47. The van der Waals surface area contributed by atoms with Gasteiger partial charge in [0.2, 0.25) is 0 Å². The van der Waals surface area contributed by atoms with E-state index in [1.54, 1.807) is 24.4 Å². The largest absolute Gasteiger partial charge is 0.384 e. The third kappa shape index (κ3) is 3.44. The van der Waals surface area contributed by atoms with Crippen LogP contribution in [0.25, 0.3) is 0 Å². The van der Waals surface area contributed by atoms with Crippen LogP contribution in [0.5, 0.6) is 0 Å². The Kier molecular flexibility index (Phi) is 4.48. The van der Waals surface area contributed by atoms with Gasteiger partial charge in [-0.05, 0) is 36.8 Å². The molecule has 2 rings (SSSR count). The molecule has 2 aromatic rings. The molecule has 0 atom stereocenters. The van der Waals surface area contributed by atoms with Crippen molar-refractivity contribution >= 4 is 11.6 Å². The fraction of sp³-hybridized carbons (Fsp3) is 0.125. The van der Waals surface area contributed by atoms with Crippen molar-refractivity contribution in [2.24, 2.45) is 0 Å². The van der Waals surface area contributed by atoms with E-state index in [0.29, 0.717) is 16.9 Å². The minimum Gasteiger partial charge on any atom is -0.384 e. The fourth-order valence-corrected chi connectivity index (χ4v) is 1.69. The number of aliphatic hydroxyl groups excluding tert-OH is 1. The molecule has 0 aliphatic rings. The molecule has 0 aliphatic carbocycles. The maximum absolute atomic E-state index is 12.1. The van der Waals surface area contributed by atoms with Crippen LogP contribution in [0, 0.1) is 18.8 Å². The Morgan fingerprint density at radius 1 is 1.35 bits per heavy atom. The van der Waals surface area contributed by atoms with Gasteiger partial charge in [0.05, 0.1) is 5.69 Å². The van der Waals surface area contributed by atoms with Gasteiger partial charge in [-0.2, -0.15) is 0 Å². The monoisotopic (exact) mass is 266 g/mol. The van der Waals surface area contributed by atoms with Gasteiger partial charge in [-0.3, -0.25) is 9.78 Å². The number of aromatic nitrogens is 1. The Bertz CT molecular complexity index is 670. The topological polar surface area (TPSA) is 62.2 Å². The second-order valence-corrected chi connectivity index (χ2v) is 4.18. The molecule has 0 radical (unpaired) electrons. The number of anilines is 1. The van der Waals surface area contributed by atoms with Gasteiger partial charge in [-0.15, -0.1) is 0 Å². The Balaban J connectivity index is 2.28. The molecule has 0 bridgehead atoms. The molecular weight excluding hydrogens is 252 g/mol. The van der Waals surface area contributed by atoms with Crippen LogP contribution in [0.15, 0.2) is 42.6 Å². The molecule has 1 aromatic heterocycles. The standard InChI is InChI=1S/C16H14N2O2/c1-12-7-8-13(5-4-10-19)15(11-12)18-16(20)14-6-2-3-9-17-14/h2-3,6-9,11,19H,10H2,1H3,(H,18,20). The predicted molar refractivity (Wildman–Crippen MR) is 77.3 cm³/mol. The number of rotatable bonds is 2. The number of nitrogens with zero attached hydrogens (tertiary/aromatic N) is 1. The predicted octanol–water partition coefficient (Wildman–Crippen LogP) is 1.99. The zero-order valence-corrected chi connectivity index (χ0v) is 11.1. The number of carbonyl (C=O) groups is 1. The smallest absolute Gasteiger partial charge is 0.274 e. The van der Waals surface area contributed by atoms with Crippen molar-refractivity contribution in [2.75, 3.05) is 11.9 Å².